The van der Waals surface area contributed by atoms with Crippen LogP contribution in [0.2, 0.25) is 0 Å². The molecular weight excluding hydrogens is 126 g/mol. The van der Waals surface area contributed by atoms with Crippen molar-refractivity contribution in [1.29, 1.82) is 0 Å². The molecular formula is C8H12NO+. The van der Waals surface area contributed by atoms with E-state index in [1.807, 2.05) is 24.5 Å². The van der Waals surface area contributed by atoms with Crippen LogP contribution < -0.4 is 5.32 Å². The Morgan fingerprint density at radius 3 is 2.90 bits per heavy atom. The third kappa shape index (κ3) is 6.89. The van der Waals surface area contributed by atoms with Crippen LogP contribution in [-0.4, -0.2) is 19.9 Å². The Kier molecular flexibility index (Phi) is 7.01. The molecule has 2 N–H and O–H groups in total. The largest absolute Gasteiger partial charge is 0.345 e. The molecule has 0 radical (unpaired) electrons. The fourth-order valence-electron chi connectivity index (χ4n) is 0.433. The number of rotatable bonds is 4. The lowest BCUT2D eigenvalue weighted by Gasteiger charge is -1.79. The SMILES string of the molecule is C[NH2+]CC=CC=C=CC=O. The molecule has 0 bridgehead atoms. The predicted molar refractivity (Wildman–Crippen MR) is 40.6 cm³/mol. The van der Waals surface area contributed by atoms with Crippen LogP contribution >= 0.6 is 0 Å². The summed E-state index contributed by atoms with van der Waals surface area (Å²) >= 11 is 0. The summed E-state index contributed by atoms with van der Waals surface area (Å²) in [6.45, 7) is 0.958. The highest BCUT2D eigenvalue weighted by Crippen LogP contribution is 1.69. The zero-order valence-electron chi connectivity index (χ0n) is 6.08. The minimum absolute atomic E-state index is 0.705. The summed E-state index contributed by atoms with van der Waals surface area (Å²) in [6, 6.07) is 0. The number of likely N-dealkylation sites (N-methyl/N-ethyl adjacent to an activating group) is 1. The van der Waals surface area contributed by atoms with E-state index >= 15 is 0 Å². The van der Waals surface area contributed by atoms with Crippen molar-refractivity contribution in [1.82, 2.24) is 0 Å². The van der Waals surface area contributed by atoms with E-state index in [9.17, 15) is 4.79 Å². The highest BCUT2D eigenvalue weighted by molar-refractivity contribution is 5.64. The Morgan fingerprint density at radius 2 is 2.30 bits per heavy atom. The molecule has 2 nitrogen and oxygen atoms in total. The summed E-state index contributed by atoms with van der Waals surface area (Å²) in [6.07, 6.45) is 7.60. The molecule has 0 saturated heterocycles. The molecule has 0 aromatic rings. The lowest BCUT2D eigenvalue weighted by Crippen LogP contribution is -2.79. The fraction of sp³-hybridized carbons (Fsp3) is 0.250. The van der Waals surface area contributed by atoms with Crippen LogP contribution in [0.1, 0.15) is 0 Å². The highest BCUT2D eigenvalue weighted by Gasteiger charge is 1.67. The van der Waals surface area contributed by atoms with Crippen LogP contribution in [0.25, 0.3) is 0 Å². The molecule has 0 heterocycles. The molecule has 0 aliphatic heterocycles. The first kappa shape index (κ1) is 8.89. The van der Waals surface area contributed by atoms with E-state index in [4.69, 9.17) is 0 Å². The van der Waals surface area contributed by atoms with Crippen LogP contribution in [0.4, 0.5) is 0 Å². The van der Waals surface area contributed by atoms with Crippen molar-refractivity contribution in [3.63, 3.8) is 0 Å². The standard InChI is InChI=1S/C8H11NO/c1-9-7-5-3-2-4-6-8-10/h2-3,5-6,8-9H,7H2,1H3/p+1. The summed E-state index contributed by atoms with van der Waals surface area (Å²) in [7, 11) is 2.00. The first-order valence-electron chi connectivity index (χ1n) is 3.21. The van der Waals surface area contributed by atoms with Gasteiger partial charge < -0.3 is 5.32 Å². The van der Waals surface area contributed by atoms with Gasteiger partial charge in [0.25, 0.3) is 0 Å². The Bertz CT molecular complexity index is 164. The maximum atomic E-state index is 9.73. The minimum Gasteiger partial charge on any atom is -0.345 e. The fourth-order valence-corrected chi connectivity index (χ4v) is 0.433. The quantitative estimate of drug-likeness (QED) is 0.245. The third-order valence-electron chi connectivity index (χ3n) is 0.865. The van der Waals surface area contributed by atoms with Crippen molar-refractivity contribution in [2.24, 2.45) is 0 Å². The summed E-state index contributed by atoms with van der Waals surface area (Å²) in [5.41, 5.74) is 2.68. The van der Waals surface area contributed by atoms with Gasteiger partial charge in [0.2, 0.25) is 0 Å². The van der Waals surface area contributed by atoms with Gasteiger partial charge >= 0.3 is 0 Å². The maximum absolute atomic E-state index is 9.73. The molecule has 0 aliphatic carbocycles. The molecule has 0 unspecified atom stereocenters. The highest BCUT2D eigenvalue weighted by atomic mass is 16.1. The number of carbonyl (C=O) groups excluding carboxylic acids is 1. The molecule has 2 heteroatoms. The van der Waals surface area contributed by atoms with E-state index < -0.39 is 0 Å². The van der Waals surface area contributed by atoms with Crippen LogP contribution in [-0.2, 0) is 4.79 Å². The molecule has 0 amide bonds. The first-order valence-corrected chi connectivity index (χ1v) is 3.21. The Morgan fingerprint density at radius 1 is 1.50 bits per heavy atom. The monoisotopic (exact) mass is 138 g/mol. The number of allylic oxidation sites excluding steroid dienone is 2. The van der Waals surface area contributed by atoms with Crippen molar-refractivity contribution in [2.45, 2.75) is 0 Å². The Labute approximate surface area is 60.9 Å². The number of carbonyl (C=O) groups is 1. The summed E-state index contributed by atoms with van der Waals surface area (Å²) in [4.78, 5) is 9.73. The summed E-state index contributed by atoms with van der Waals surface area (Å²) < 4.78 is 0. The van der Waals surface area contributed by atoms with Crippen molar-refractivity contribution >= 4 is 6.29 Å². The van der Waals surface area contributed by atoms with E-state index in [1.165, 1.54) is 6.08 Å². The summed E-state index contributed by atoms with van der Waals surface area (Å²) in [5, 5.41) is 2.05. The van der Waals surface area contributed by atoms with Gasteiger partial charge in [-0.05, 0) is 12.2 Å². The van der Waals surface area contributed by atoms with Crippen molar-refractivity contribution in [3.05, 3.63) is 30.0 Å². The minimum atomic E-state index is 0.705. The van der Waals surface area contributed by atoms with E-state index in [0.29, 0.717) is 6.29 Å². The number of hydrogen-bond donors (Lipinski definition) is 1. The molecule has 0 spiro atoms. The van der Waals surface area contributed by atoms with Crippen LogP contribution in [0, 0.1) is 0 Å². The lowest BCUT2D eigenvalue weighted by atomic mass is 10.4. The molecule has 0 fully saturated rings. The predicted octanol–water partition coefficient (Wildman–Crippen LogP) is -0.354. The second-order valence-corrected chi connectivity index (χ2v) is 1.71. The van der Waals surface area contributed by atoms with Gasteiger partial charge in [-0.2, -0.15) is 0 Å². The van der Waals surface area contributed by atoms with Crippen LogP contribution in [0.5, 0.6) is 0 Å². The first-order chi connectivity index (χ1) is 4.91. The average Bonchev–Trinajstić information content (AvgIpc) is 1.97. The summed E-state index contributed by atoms with van der Waals surface area (Å²) in [5.74, 6) is 0. The van der Waals surface area contributed by atoms with Gasteiger partial charge in [0.1, 0.15) is 0 Å². The van der Waals surface area contributed by atoms with Crippen molar-refractivity contribution in [3.8, 4) is 0 Å². The number of quaternary nitrogens is 1. The van der Waals surface area contributed by atoms with E-state index in [1.54, 1.807) is 6.08 Å². The zero-order valence-corrected chi connectivity index (χ0v) is 6.08. The smallest absolute Gasteiger partial charge is 0.150 e. The van der Waals surface area contributed by atoms with Gasteiger partial charge in [-0.3, -0.25) is 4.79 Å². The Hall–Kier alpha value is -1.11. The number of aldehydes is 1. The topological polar surface area (TPSA) is 33.7 Å². The zero-order chi connectivity index (χ0) is 7.66. The molecule has 0 aliphatic rings. The van der Waals surface area contributed by atoms with Crippen LogP contribution in [0.3, 0.4) is 0 Å². The van der Waals surface area contributed by atoms with Gasteiger partial charge in [-0.25, -0.2) is 0 Å². The van der Waals surface area contributed by atoms with Gasteiger partial charge in [0.05, 0.1) is 13.6 Å². The molecule has 0 aromatic carbocycles. The lowest BCUT2D eigenvalue weighted by molar-refractivity contribution is -0.617. The van der Waals surface area contributed by atoms with Gasteiger partial charge in [-0.15, -0.1) is 5.73 Å². The second-order valence-electron chi connectivity index (χ2n) is 1.71. The maximum Gasteiger partial charge on any atom is 0.150 e. The molecule has 0 rings (SSSR count). The van der Waals surface area contributed by atoms with Gasteiger partial charge in [-0.1, -0.05) is 6.08 Å². The van der Waals surface area contributed by atoms with E-state index in [-0.39, 0.29) is 0 Å². The normalized spacial score (nSPS) is 8.90. The Balaban J connectivity index is 3.50. The van der Waals surface area contributed by atoms with Crippen LogP contribution in [0.15, 0.2) is 30.0 Å². The van der Waals surface area contributed by atoms with Gasteiger partial charge in [0.15, 0.2) is 6.29 Å². The molecule has 0 saturated carbocycles. The van der Waals surface area contributed by atoms with Crippen molar-refractivity contribution in [2.75, 3.05) is 13.6 Å². The molecule has 0 atom stereocenters. The molecule has 54 valence electrons. The van der Waals surface area contributed by atoms with E-state index in [0.717, 1.165) is 6.54 Å². The van der Waals surface area contributed by atoms with E-state index in [2.05, 4.69) is 5.73 Å². The number of nitrogens with two attached hydrogens (primary N) is 1. The van der Waals surface area contributed by atoms with Crippen molar-refractivity contribution < 1.29 is 10.1 Å². The van der Waals surface area contributed by atoms with Gasteiger partial charge in [0, 0.05) is 6.08 Å². The molecule has 0 aromatic heterocycles. The third-order valence-corrected chi connectivity index (χ3v) is 0.865. The second kappa shape index (κ2) is 7.89. The number of hydrogen-bond acceptors (Lipinski definition) is 1. The molecule has 10 heavy (non-hydrogen) atoms. The average molecular weight is 138 g/mol.